The van der Waals surface area contributed by atoms with Gasteiger partial charge in [-0.05, 0) is 0 Å². The predicted octanol–water partition coefficient (Wildman–Crippen LogP) is 8.66. The van der Waals surface area contributed by atoms with Gasteiger partial charge in [0.05, 0.1) is 0 Å². The predicted molar refractivity (Wildman–Crippen MR) is 129 cm³/mol. The molecule has 0 atom stereocenters. The molecule has 0 aliphatic heterocycles. The Morgan fingerprint density at radius 3 is 0.741 bits per heavy atom. The Kier molecular flexibility index (Phi) is 42.2. The van der Waals surface area contributed by atoms with Crippen molar-refractivity contribution in [3.05, 3.63) is 10.6 Å². The summed E-state index contributed by atoms with van der Waals surface area (Å²) < 4.78 is 0. The van der Waals surface area contributed by atoms with Crippen molar-refractivity contribution in [2.75, 3.05) is 26.2 Å². The van der Waals surface area contributed by atoms with Crippen LogP contribution in [0.5, 0.6) is 0 Å². The van der Waals surface area contributed by atoms with Gasteiger partial charge < -0.3 is 10.6 Å². The molecular formula is C24H52CaN2. The normalized spacial score (nSPS) is 10.2. The minimum absolute atomic E-state index is 0. The first kappa shape index (κ1) is 32.8. The summed E-state index contributed by atoms with van der Waals surface area (Å²) in [6.07, 6.45) is 21.5. The van der Waals surface area contributed by atoms with E-state index in [1.807, 2.05) is 0 Å². The smallest absolute Gasteiger partial charge is 0.662 e. The van der Waals surface area contributed by atoms with Gasteiger partial charge in [0, 0.05) is 0 Å². The van der Waals surface area contributed by atoms with E-state index in [0.29, 0.717) is 0 Å². The fraction of sp³-hybridized carbons (Fsp3) is 1.00. The van der Waals surface area contributed by atoms with E-state index in [0.717, 1.165) is 26.2 Å². The van der Waals surface area contributed by atoms with Crippen molar-refractivity contribution in [3.63, 3.8) is 0 Å². The Labute approximate surface area is 203 Å². The van der Waals surface area contributed by atoms with Gasteiger partial charge in [-0.2, -0.15) is 0 Å². The van der Waals surface area contributed by atoms with E-state index >= 15 is 0 Å². The van der Waals surface area contributed by atoms with E-state index in [9.17, 15) is 0 Å². The third-order valence-corrected chi connectivity index (χ3v) is 4.68. The fourth-order valence-corrected chi connectivity index (χ4v) is 2.83. The van der Waals surface area contributed by atoms with E-state index in [2.05, 4.69) is 38.3 Å². The van der Waals surface area contributed by atoms with Gasteiger partial charge in [-0.15, -0.1) is 26.2 Å². The summed E-state index contributed by atoms with van der Waals surface area (Å²) >= 11 is 0. The molecule has 160 valence electrons. The van der Waals surface area contributed by atoms with Crippen LogP contribution in [0.4, 0.5) is 0 Å². The molecule has 0 aromatic rings. The summed E-state index contributed by atoms with van der Waals surface area (Å²) in [5.41, 5.74) is 0. The van der Waals surface area contributed by atoms with Gasteiger partial charge in [-0.3, -0.25) is 0 Å². The topological polar surface area (TPSA) is 28.2 Å². The molecule has 0 heterocycles. The second kappa shape index (κ2) is 34.7. The van der Waals surface area contributed by atoms with E-state index in [1.165, 1.54) is 103 Å². The molecule has 0 bridgehead atoms. The number of hydrogen-bond acceptors (Lipinski definition) is 0. The Balaban J connectivity index is -0.000000411. The van der Waals surface area contributed by atoms with Crippen LogP contribution in [0.25, 0.3) is 10.6 Å². The van der Waals surface area contributed by atoms with E-state index < -0.39 is 0 Å². The SMILES string of the molecule is CCCCCC[N-]CCCCCC.CCCCCC[N-]CCCCCC.[Ca+2]. The first-order valence-electron chi connectivity index (χ1n) is 12.1. The first-order valence-corrected chi connectivity index (χ1v) is 12.1. The van der Waals surface area contributed by atoms with Crippen LogP contribution >= 0.6 is 0 Å². The molecule has 0 fully saturated rings. The third-order valence-electron chi connectivity index (χ3n) is 4.68. The average molecular weight is 409 g/mol. The van der Waals surface area contributed by atoms with Crippen LogP contribution in [0.2, 0.25) is 0 Å². The third kappa shape index (κ3) is 38.4. The number of hydrogen-bond donors (Lipinski definition) is 0. The number of unbranched alkanes of at least 4 members (excludes halogenated alkanes) is 12. The second-order valence-electron chi connectivity index (χ2n) is 7.58. The Hall–Kier alpha value is 1.18. The average Bonchev–Trinajstić information content (AvgIpc) is 2.66. The van der Waals surface area contributed by atoms with E-state index in [-0.39, 0.29) is 37.7 Å². The summed E-state index contributed by atoms with van der Waals surface area (Å²) in [7, 11) is 0. The van der Waals surface area contributed by atoms with Gasteiger partial charge in [-0.1, -0.05) is 130 Å². The molecule has 0 aliphatic carbocycles. The van der Waals surface area contributed by atoms with Crippen molar-refractivity contribution in [2.24, 2.45) is 0 Å². The summed E-state index contributed by atoms with van der Waals surface area (Å²) in [5, 5.41) is 9.03. The molecule has 0 rings (SSSR count). The molecule has 0 aromatic carbocycles. The zero-order valence-corrected chi connectivity index (χ0v) is 22.0. The quantitative estimate of drug-likeness (QED) is 0.142. The summed E-state index contributed by atoms with van der Waals surface area (Å²) in [6, 6.07) is 0. The van der Waals surface area contributed by atoms with E-state index in [1.54, 1.807) is 0 Å². The van der Waals surface area contributed by atoms with Crippen LogP contribution < -0.4 is 0 Å². The van der Waals surface area contributed by atoms with Crippen molar-refractivity contribution in [2.45, 2.75) is 130 Å². The van der Waals surface area contributed by atoms with Gasteiger partial charge in [0.25, 0.3) is 0 Å². The molecule has 27 heavy (non-hydrogen) atoms. The molecule has 0 saturated heterocycles. The van der Waals surface area contributed by atoms with Gasteiger partial charge in [-0.25, -0.2) is 0 Å². The van der Waals surface area contributed by atoms with Crippen molar-refractivity contribution in [1.82, 2.24) is 0 Å². The Bertz CT molecular complexity index is 171. The minimum atomic E-state index is 0. The molecule has 2 nitrogen and oxygen atoms in total. The van der Waals surface area contributed by atoms with Gasteiger partial charge in [0.1, 0.15) is 0 Å². The number of nitrogens with zero attached hydrogens (tertiary/aromatic N) is 2. The monoisotopic (exact) mass is 408 g/mol. The molecule has 0 aromatic heterocycles. The van der Waals surface area contributed by atoms with Crippen molar-refractivity contribution < 1.29 is 0 Å². The van der Waals surface area contributed by atoms with Crippen molar-refractivity contribution in [1.29, 1.82) is 0 Å². The maximum atomic E-state index is 4.51. The van der Waals surface area contributed by atoms with Gasteiger partial charge >= 0.3 is 37.7 Å². The Morgan fingerprint density at radius 2 is 0.556 bits per heavy atom. The van der Waals surface area contributed by atoms with Crippen molar-refractivity contribution >= 4 is 37.7 Å². The summed E-state index contributed by atoms with van der Waals surface area (Å²) in [5.74, 6) is 0. The van der Waals surface area contributed by atoms with Crippen LogP contribution in [-0.2, 0) is 0 Å². The molecule has 0 spiro atoms. The maximum absolute atomic E-state index is 4.51. The largest absolute Gasteiger partial charge is 2.00 e. The van der Waals surface area contributed by atoms with Crippen LogP contribution in [-0.4, -0.2) is 63.9 Å². The Morgan fingerprint density at radius 1 is 0.333 bits per heavy atom. The van der Waals surface area contributed by atoms with Crippen LogP contribution in [0, 0.1) is 0 Å². The molecule has 0 N–H and O–H groups in total. The van der Waals surface area contributed by atoms with Gasteiger partial charge in [0.2, 0.25) is 0 Å². The zero-order chi connectivity index (χ0) is 19.6. The zero-order valence-electron chi connectivity index (χ0n) is 19.7. The van der Waals surface area contributed by atoms with Crippen molar-refractivity contribution in [3.8, 4) is 0 Å². The molecule has 0 unspecified atom stereocenters. The number of rotatable bonds is 20. The minimum Gasteiger partial charge on any atom is -0.662 e. The molecule has 3 heteroatoms. The van der Waals surface area contributed by atoms with Crippen LogP contribution in [0.1, 0.15) is 130 Å². The fourth-order valence-electron chi connectivity index (χ4n) is 2.83. The molecular weight excluding hydrogens is 356 g/mol. The summed E-state index contributed by atoms with van der Waals surface area (Å²) in [4.78, 5) is 0. The van der Waals surface area contributed by atoms with Crippen LogP contribution in [0.3, 0.4) is 0 Å². The maximum Gasteiger partial charge on any atom is 2.00 e. The first-order chi connectivity index (χ1) is 12.8. The molecule has 0 radical (unpaired) electrons. The molecule has 0 saturated carbocycles. The van der Waals surface area contributed by atoms with E-state index in [4.69, 9.17) is 0 Å². The molecule has 0 amide bonds. The van der Waals surface area contributed by atoms with Gasteiger partial charge in [0.15, 0.2) is 0 Å². The standard InChI is InChI=1S/2C12H26N.Ca/c2*1-3-5-7-9-11-13-12-10-8-6-4-2;/h2*3-12H2,1-2H3;/q2*-1;+2. The second-order valence-corrected chi connectivity index (χ2v) is 7.58. The summed E-state index contributed by atoms with van der Waals surface area (Å²) in [6.45, 7) is 13.4. The molecule has 0 aliphatic rings. The van der Waals surface area contributed by atoms with Crippen LogP contribution in [0.15, 0.2) is 0 Å².